The summed E-state index contributed by atoms with van der Waals surface area (Å²) in [6, 6.07) is 63.7. The van der Waals surface area contributed by atoms with E-state index in [-0.39, 0.29) is 0 Å². The molecule has 5 nitrogen and oxygen atoms in total. The molecule has 254 valence electrons. The standard InChI is InChI=1S/C50H29N5/c1-52-35-27-34(28-38(29-35)55-48-20-9-5-15-42(48)44-16-10-11-33(31-51)50(44)55)32-21-23-36(24-22-32)53-45-17-6-4-14-41(45)43-26-25-37(30-49(43)53)54-46-18-7-2-12-39(46)40-13-3-8-19-47(40)54/h2-30H. The fourth-order valence-electron chi connectivity index (χ4n) is 8.71. The molecule has 0 amide bonds. The second kappa shape index (κ2) is 11.8. The van der Waals surface area contributed by atoms with E-state index < -0.39 is 0 Å². The van der Waals surface area contributed by atoms with Gasteiger partial charge in [-0.25, -0.2) is 4.85 Å². The zero-order chi connectivity index (χ0) is 36.6. The third-order valence-electron chi connectivity index (χ3n) is 11.1. The van der Waals surface area contributed by atoms with E-state index in [1.807, 2.05) is 36.4 Å². The van der Waals surface area contributed by atoms with Crippen LogP contribution in [0.2, 0.25) is 0 Å². The second-order valence-corrected chi connectivity index (χ2v) is 14.0. The van der Waals surface area contributed by atoms with Gasteiger partial charge in [-0.05, 0) is 83.9 Å². The van der Waals surface area contributed by atoms with Crippen molar-refractivity contribution >= 4 is 71.1 Å². The van der Waals surface area contributed by atoms with Crippen molar-refractivity contribution in [2.45, 2.75) is 0 Å². The van der Waals surface area contributed by atoms with E-state index in [1.54, 1.807) is 0 Å². The van der Waals surface area contributed by atoms with Crippen LogP contribution >= 0.6 is 0 Å². The first-order valence-electron chi connectivity index (χ1n) is 18.3. The van der Waals surface area contributed by atoms with Gasteiger partial charge in [0.05, 0.1) is 45.2 Å². The Morgan fingerprint density at radius 1 is 0.400 bits per heavy atom. The average Bonchev–Trinajstić information content (AvgIpc) is 3.89. The van der Waals surface area contributed by atoms with Crippen molar-refractivity contribution in [1.82, 2.24) is 13.7 Å². The molecule has 0 saturated heterocycles. The smallest absolute Gasteiger partial charge is 0.189 e. The Kier molecular flexibility index (Phi) is 6.61. The van der Waals surface area contributed by atoms with Crippen molar-refractivity contribution in [1.29, 1.82) is 5.26 Å². The van der Waals surface area contributed by atoms with Crippen molar-refractivity contribution in [3.8, 4) is 34.3 Å². The first kappa shape index (κ1) is 30.7. The van der Waals surface area contributed by atoms with Crippen LogP contribution < -0.4 is 0 Å². The highest BCUT2D eigenvalue weighted by Gasteiger charge is 2.18. The Labute approximate surface area is 316 Å². The average molecular weight is 700 g/mol. The molecule has 55 heavy (non-hydrogen) atoms. The fourth-order valence-corrected chi connectivity index (χ4v) is 8.71. The Morgan fingerprint density at radius 2 is 0.909 bits per heavy atom. The van der Waals surface area contributed by atoms with E-state index in [0.717, 1.165) is 61.0 Å². The molecule has 11 rings (SSSR count). The van der Waals surface area contributed by atoms with Crippen LogP contribution in [0.15, 0.2) is 176 Å². The molecule has 8 aromatic carbocycles. The monoisotopic (exact) mass is 699 g/mol. The predicted molar refractivity (Wildman–Crippen MR) is 226 cm³/mol. The molecule has 0 bridgehead atoms. The van der Waals surface area contributed by atoms with Gasteiger partial charge in [0.25, 0.3) is 0 Å². The van der Waals surface area contributed by atoms with Crippen molar-refractivity contribution in [2.75, 3.05) is 0 Å². The van der Waals surface area contributed by atoms with Gasteiger partial charge in [0.2, 0.25) is 0 Å². The first-order valence-corrected chi connectivity index (χ1v) is 18.3. The molecule has 0 radical (unpaired) electrons. The Hall–Kier alpha value is -7.86. The molecule has 0 aliphatic carbocycles. The maximum atomic E-state index is 10.1. The maximum Gasteiger partial charge on any atom is 0.189 e. The van der Waals surface area contributed by atoms with Crippen LogP contribution in [0.4, 0.5) is 5.69 Å². The molecule has 3 heterocycles. The highest BCUT2D eigenvalue weighted by Crippen LogP contribution is 2.39. The van der Waals surface area contributed by atoms with Crippen LogP contribution in [-0.4, -0.2) is 13.7 Å². The number of hydrogen-bond donors (Lipinski definition) is 0. The molecule has 11 aromatic rings. The SMILES string of the molecule is [C-]#[N+]c1cc(-c2ccc(-n3c4ccccc4c4ccc(-n5c6ccccc6c6ccccc65)cc43)cc2)cc(-n2c3ccccc3c3cccc(C#N)c32)c1. The van der Waals surface area contributed by atoms with Crippen LogP contribution in [0.3, 0.4) is 0 Å². The fraction of sp³-hybridized carbons (Fsp3) is 0. The molecule has 0 fully saturated rings. The summed E-state index contributed by atoms with van der Waals surface area (Å²) >= 11 is 0. The van der Waals surface area contributed by atoms with E-state index in [9.17, 15) is 5.26 Å². The van der Waals surface area contributed by atoms with Gasteiger partial charge in [0.15, 0.2) is 5.69 Å². The molecule has 0 N–H and O–H groups in total. The lowest BCUT2D eigenvalue weighted by molar-refractivity contribution is 1.15. The summed E-state index contributed by atoms with van der Waals surface area (Å²) in [6.45, 7) is 8.03. The normalized spacial score (nSPS) is 11.6. The van der Waals surface area contributed by atoms with Crippen LogP contribution in [0.1, 0.15) is 5.56 Å². The highest BCUT2D eigenvalue weighted by atomic mass is 15.0. The van der Waals surface area contributed by atoms with Crippen molar-refractivity contribution in [2.24, 2.45) is 0 Å². The number of benzene rings is 8. The molecular weight excluding hydrogens is 671 g/mol. The molecule has 0 aliphatic heterocycles. The number of aromatic nitrogens is 3. The van der Waals surface area contributed by atoms with Crippen molar-refractivity contribution in [3.63, 3.8) is 0 Å². The van der Waals surface area contributed by atoms with Gasteiger partial charge in [-0.3, -0.25) is 0 Å². The third-order valence-corrected chi connectivity index (χ3v) is 11.1. The summed E-state index contributed by atoms with van der Waals surface area (Å²) in [5.41, 5.74) is 12.6. The quantitative estimate of drug-likeness (QED) is 0.169. The minimum absolute atomic E-state index is 0.539. The van der Waals surface area contributed by atoms with Crippen molar-refractivity contribution in [3.05, 3.63) is 193 Å². The van der Waals surface area contributed by atoms with E-state index in [4.69, 9.17) is 6.57 Å². The number of nitriles is 1. The Morgan fingerprint density at radius 3 is 1.51 bits per heavy atom. The lowest BCUT2D eigenvalue weighted by Gasteiger charge is -2.14. The number of hydrogen-bond acceptors (Lipinski definition) is 1. The maximum absolute atomic E-state index is 10.1. The zero-order valence-electron chi connectivity index (χ0n) is 29.5. The number of nitrogens with zero attached hydrogens (tertiary/aromatic N) is 5. The third kappa shape index (κ3) is 4.51. The molecule has 0 unspecified atom stereocenters. The molecule has 3 aromatic heterocycles. The number of fused-ring (bicyclic) bond motifs is 9. The van der Waals surface area contributed by atoms with Gasteiger partial charge in [-0.15, -0.1) is 0 Å². The van der Waals surface area contributed by atoms with Crippen molar-refractivity contribution < 1.29 is 0 Å². The van der Waals surface area contributed by atoms with Gasteiger partial charge in [0, 0.05) is 49.4 Å². The Bertz CT molecular complexity index is 3400. The van der Waals surface area contributed by atoms with Gasteiger partial charge in [-0.1, -0.05) is 103 Å². The summed E-state index contributed by atoms with van der Waals surface area (Å²) in [6.07, 6.45) is 0. The van der Waals surface area contributed by atoms with Gasteiger partial charge in [-0.2, -0.15) is 5.26 Å². The van der Waals surface area contributed by atoms with Crippen LogP contribution in [0, 0.1) is 17.9 Å². The van der Waals surface area contributed by atoms with Crippen LogP contribution in [0.5, 0.6) is 0 Å². The minimum Gasteiger partial charge on any atom is -0.309 e. The van der Waals surface area contributed by atoms with Gasteiger partial charge >= 0.3 is 0 Å². The minimum atomic E-state index is 0.539. The molecular formula is C50H29N5. The van der Waals surface area contributed by atoms with Gasteiger partial charge < -0.3 is 13.7 Å². The summed E-state index contributed by atoms with van der Waals surface area (Å²) in [7, 11) is 0. The van der Waals surface area contributed by atoms with E-state index in [2.05, 4.69) is 164 Å². The van der Waals surface area contributed by atoms with Crippen LogP contribution in [-0.2, 0) is 0 Å². The lowest BCUT2D eigenvalue weighted by atomic mass is 10.0. The topological polar surface area (TPSA) is 42.9 Å². The molecule has 0 atom stereocenters. The molecule has 0 spiro atoms. The Balaban J connectivity index is 1.08. The van der Waals surface area contributed by atoms with Crippen LogP contribution in [0.25, 0.3) is 98.5 Å². The van der Waals surface area contributed by atoms with E-state index >= 15 is 0 Å². The predicted octanol–water partition coefficient (Wildman–Crippen LogP) is 13.1. The summed E-state index contributed by atoms with van der Waals surface area (Å²) < 4.78 is 6.85. The number of rotatable bonds is 4. The zero-order valence-corrected chi connectivity index (χ0v) is 29.5. The molecule has 0 aliphatic rings. The summed E-state index contributed by atoms with van der Waals surface area (Å²) in [5.74, 6) is 0. The first-order chi connectivity index (χ1) is 27.2. The summed E-state index contributed by atoms with van der Waals surface area (Å²) in [5, 5.41) is 17.1. The largest absolute Gasteiger partial charge is 0.309 e. The highest BCUT2D eigenvalue weighted by molar-refractivity contribution is 6.13. The molecule has 0 saturated carbocycles. The summed E-state index contributed by atoms with van der Waals surface area (Å²) in [4.78, 5) is 3.89. The van der Waals surface area contributed by atoms with E-state index in [0.29, 0.717) is 11.3 Å². The number of para-hydroxylation sites is 5. The van der Waals surface area contributed by atoms with Gasteiger partial charge in [0.1, 0.15) is 6.07 Å². The second-order valence-electron chi connectivity index (χ2n) is 14.0. The molecule has 5 heteroatoms. The lowest BCUT2D eigenvalue weighted by Crippen LogP contribution is -1.97. The van der Waals surface area contributed by atoms with E-state index in [1.165, 1.54) is 32.6 Å².